The lowest BCUT2D eigenvalue weighted by Gasteiger charge is -2.35. The first-order chi connectivity index (χ1) is 13.2. The summed E-state index contributed by atoms with van der Waals surface area (Å²) in [6, 6.07) is 10.9. The molecule has 7 heteroatoms. The molecule has 1 aliphatic carbocycles. The molecule has 0 amide bonds. The molecule has 0 radical (unpaired) electrons. The van der Waals surface area contributed by atoms with Gasteiger partial charge < -0.3 is 16.0 Å². The highest BCUT2D eigenvalue weighted by atomic mass is 32.2. The minimum absolute atomic E-state index is 0.0386. The fourth-order valence-electron chi connectivity index (χ4n) is 3.85. The van der Waals surface area contributed by atoms with Crippen molar-refractivity contribution < 1.29 is 8.42 Å². The third-order valence-corrected chi connectivity index (χ3v) is 6.48. The quantitative estimate of drug-likeness (QED) is 0.432. The largest absolute Gasteiger partial charge is 0.355 e. The number of aliphatic imine (C=N–C) groups is 1. The first-order valence-corrected chi connectivity index (χ1v) is 12.3. The highest BCUT2D eigenvalue weighted by Gasteiger charge is 2.35. The van der Waals surface area contributed by atoms with Gasteiger partial charge in [-0.15, -0.1) is 0 Å². The summed E-state index contributed by atoms with van der Waals surface area (Å²) >= 11 is 0. The first kappa shape index (κ1) is 22.7. The number of hydrogen-bond acceptors (Lipinski definition) is 4. The van der Waals surface area contributed by atoms with E-state index in [1.807, 2.05) is 13.0 Å². The molecule has 0 aromatic heterocycles. The van der Waals surface area contributed by atoms with E-state index < -0.39 is 9.84 Å². The molecule has 1 saturated carbocycles. The summed E-state index contributed by atoms with van der Waals surface area (Å²) in [5.41, 5.74) is 1.34. The van der Waals surface area contributed by atoms with Gasteiger partial charge in [-0.3, -0.25) is 4.99 Å². The number of nitrogens with one attached hydrogen (secondary N) is 3. The van der Waals surface area contributed by atoms with Gasteiger partial charge in [-0.2, -0.15) is 0 Å². The van der Waals surface area contributed by atoms with Crippen molar-refractivity contribution >= 4 is 15.8 Å². The van der Waals surface area contributed by atoms with Crippen LogP contribution in [0.25, 0.3) is 0 Å². The predicted molar refractivity (Wildman–Crippen MR) is 117 cm³/mol. The van der Waals surface area contributed by atoms with Gasteiger partial charge in [0.05, 0.1) is 5.75 Å². The van der Waals surface area contributed by atoms with Crippen LogP contribution in [-0.2, 0) is 9.84 Å². The van der Waals surface area contributed by atoms with Crippen LogP contribution in [0.4, 0.5) is 0 Å². The van der Waals surface area contributed by atoms with Crippen LogP contribution >= 0.6 is 0 Å². The van der Waals surface area contributed by atoms with E-state index in [4.69, 9.17) is 0 Å². The van der Waals surface area contributed by atoms with Crippen molar-refractivity contribution in [2.24, 2.45) is 4.99 Å². The van der Waals surface area contributed by atoms with Crippen molar-refractivity contribution in [1.82, 2.24) is 16.0 Å². The minimum atomic E-state index is -2.95. The Hall–Kier alpha value is -1.60. The maximum Gasteiger partial charge on any atom is 0.191 e. The molecule has 0 aliphatic heterocycles. The van der Waals surface area contributed by atoms with Crippen LogP contribution in [0.1, 0.15) is 57.6 Å². The van der Waals surface area contributed by atoms with Crippen LogP contribution < -0.4 is 16.0 Å². The van der Waals surface area contributed by atoms with Gasteiger partial charge in [0.15, 0.2) is 5.96 Å². The second kappa shape index (κ2) is 10.3. The molecule has 0 saturated heterocycles. The molecule has 2 unspecified atom stereocenters. The Morgan fingerprint density at radius 3 is 2.39 bits per heavy atom. The molecule has 1 aliphatic rings. The van der Waals surface area contributed by atoms with E-state index in [-0.39, 0.29) is 23.4 Å². The summed E-state index contributed by atoms with van der Waals surface area (Å²) in [6.07, 6.45) is 6.57. The number of guanidine groups is 1. The number of nitrogens with zero attached hydrogens (tertiary/aromatic N) is 1. The zero-order chi connectivity index (χ0) is 20.6. The minimum Gasteiger partial charge on any atom is -0.355 e. The molecule has 2 rings (SSSR count). The highest BCUT2D eigenvalue weighted by molar-refractivity contribution is 7.90. The molecular weight excluding hydrogens is 372 g/mol. The summed E-state index contributed by atoms with van der Waals surface area (Å²) in [4.78, 5) is 4.32. The summed E-state index contributed by atoms with van der Waals surface area (Å²) in [7, 11) is -1.20. The zero-order valence-corrected chi connectivity index (χ0v) is 18.5. The van der Waals surface area contributed by atoms with Crippen molar-refractivity contribution in [2.45, 2.75) is 63.6 Å². The molecule has 1 aromatic rings. The third-order valence-electron chi connectivity index (χ3n) is 5.51. The Morgan fingerprint density at radius 1 is 1.18 bits per heavy atom. The Morgan fingerprint density at radius 2 is 1.82 bits per heavy atom. The lowest BCUT2D eigenvalue weighted by Crippen LogP contribution is -2.55. The lowest BCUT2D eigenvalue weighted by atomic mass is 9.94. The Balaban J connectivity index is 1.92. The topological polar surface area (TPSA) is 82.6 Å². The normalized spacial score (nSPS) is 19.2. The van der Waals surface area contributed by atoms with Crippen LogP contribution in [-0.4, -0.2) is 51.6 Å². The molecular formula is C21H36N4O2S. The van der Waals surface area contributed by atoms with E-state index in [9.17, 15) is 8.42 Å². The van der Waals surface area contributed by atoms with Gasteiger partial charge in [0.2, 0.25) is 0 Å². The highest BCUT2D eigenvalue weighted by Crippen LogP contribution is 2.31. The van der Waals surface area contributed by atoms with Crippen molar-refractivity contribution in [1.29, 1.82) is 0 Å². The van der Waals surface area contributed by atoms with Crippen LogP contribution in [0, 0.1) is 0 Å². The second-order valence-electron chi connectivity index (χ2n) is 8.15. The summed E-state index contributed by atoms with van der Waals surface area (Å²) < 4.78 is 22.7. The number of benzene rings is 1. The van der Waals surface area contributed by atoms with E-state index in [1.54, 1.807) is 7.05 Å². The van der Waals surface area contributed by atoms with Crippen molar-refractivity contribution in [2.75, 3.05) is 25.6 Å². The zero-order valence-electron chi connectivity index (χ0n) is 17.7. The van der Waals surface area contributed by atoms with Gasteiger partial charge >= 0.3 is 0 Å². The number of sulfone groups is 1. The summed E-state index contributed by atoms with van der Waals surface area (Å²) in [5.74, 6) is 0.902. The van der Waals surface area contributed by atoms with Gasteiger partial charge in [0, 0.05) is 37.5 Å². The maximum atomic E-state index is 11.4. The molecule has 0 heterocycles. The van der Waals surface area contributed by atoms with E-state index in [0.29, 0.717) is 6.42 Å². The van der Waals surface area contributed by atoms with Crippen molar-refractivity contribution in [3.05, 3.63) is 35.9 Å². The van der Waals surface area contributed by atoms with Gasteiger partial charge in [-0.05, 0) is 38.7 Å². The maximum absolute atomic E-state index is 11.4. The smallest absolute Gasteiger partial charge is 0.191 e. The van der Waals surface area contributed by atoms with Gasteiger partial charge in [-0.1, -0.05) is 43.2 Å². The Kier molecular flexibility index (Phi) is 8.31. The molecule has 0 spiro atoms. The number of rotatable bonds is 9. The summed E-state index contributed by atoms with van der Waals surface area (Å²) in [6.45, 7) is 5.00. The molecule has 2 atom stereocenters. The lowest BCUT2D eigenvalue weighted by molar-refractivity contribution is 0.296. The first-order valence-electron chi connectivity index (χ1n) is 10.2. The molecule has 158 valence electrons. The molecule has 1 fully saturated rings. The summed E-state index contributed by atoms with van der Waals surface area (Å²) in [5, 5.41) is 10.6. The van der Waals surface area contributed by atoms with E-state index in [2.05, 4.69) is 52.1 Å². The molecule has 1 aromatic carbocycles. The van der Waals surface area contributed by atoms with Gasteiger partial charge in [0.25, 0.3) is 0 Å². The monoisotopic (exact) mass is 408 g/mol. The SMILES string of the molecule is CN=C(NCC1(NC(C)c2ccccc2)CCCC1)NC(C)CCS(C)(=O)=O. The van der Waals surface area contributed by atoms with Gasteiger partial charge in [-0.25, -0.2) is 8.42 Å². The molecule has 6 nitrogen and oxygen atoms in total. The molecule has 28 heavy (non-hydrogen) atoms. The Bertz CT molecular complexity index is 728. The average Bonchev–Trinajstić information content (AvgIpc) is 3.12. The predicted octanol–water partition coefficient (Wildman–Crippen LogP) is 2.64. The fraction of sp³-hybridized carbons (Fsp3) is 0.667. The van der Waals surface area contributed by atoms with Crippen LogP contribution in [0.5, 0.6) is 0 Å². The number of hydrogen-bond donors (Lipinski definition) is 3. The second-order valence-corrected chi connectivity index (χ2v) is 10.4. The van der Waals surface area contributed by atoms with Crippen molar-refractivity contribution in [3.63, 3.8) is 0 Å². The van der Waals surface area contributed by atoms with E-state index >= 15 is 0 Å². The van der Waals surface area contributed by atoms with Crippen LogP contribution in [0.2, 0.25) is 0 Å². The average molecular weight is 409 g/mol. The fourth-order valence-corrected chi connectivity index (χ4v) is 4.63. The molecule has 0 bridgehead atoms. The van der Waals surface area contributed by atoms with E-state index in [1.165, 1.54) is 24.7 Å². The van der Waals surface area contributed by atoms with E-state index in [0.717, 1.165) is 25.3 Å². The molecule has 3 N–H and O–H groups in total. The Labute approximate surface area is 170 Å². The standard InChI is InChI=1S/C21H36N4O2S/c1-17(12-15-28(4,26)27)24-20(22-3)23-16-21(13-8-9-14-21)25-18(2)19-10-6-5-7-11-19/h5-7,10-11,17-18,25H,8-9,12-16H2,1-4H3,(H2,22,23,24). The van der Waals surface area contributed by atoms with Crippen molar-refractivity contribution in [3.8, 4) is 0 Å². The van der Waals surface area contributed by atoms with Crippen LogP contribution in [0.3, 0.4) is 0 Å². The van der Waals surface area contributed by atoms with Gasteiger partial charge in [0.1, 0.15) is 9.84 Å². The third kappa shape index (κ3) is 7.43. The van der Waals surface area contributed by atoms with Crippen LogP contribution in [0.15, 0.2) is 35.3 Å².